The molecular weight excluding hydrogens is 206 g/mol. The first kappa shape index (κ1) is 10.8. The molecule has 1 aliphatic rings. The lowest BCUT2D eigenvalue weighted by molar-refractivity contribution is 0.243. The molecule has 0 heterocycles. The van der Waals surface area contributed by atoms with Crippen LogP contribution in [0.15, 0.2) is 23.1 Å². The van der Waals surface area contributed by atoms with Gasteiger partial charge in [-0.15, -0.1) is 11.8 Å². The van der Waals surface area contributed by atoms with Gasteiger partial charge >= 0.3 is 0 Å². The van der Waals surface area contributed by atoms with Crippen LogP contribution in [0.4, 0.5) is 0 Å². The molecule has 0 unspecified atom stereocenters. The first-order valence-corrected chi connectivity index (χ1v) is 6.43. The number of rotatable bonds is 3. The van der Waals surface area contributed by atoms with Crippen LogP contribution in [0.1, 0.15) is 24.8 Å². The second-order valence-electron chi connectivity index (χ2n) is 4.08. The van der Waals surface area contributed by atoms with Gasteiger partial charge in [0.05, 0.1) is 7.11 Å². The molecule has 1 aromatic rings. The van der Waals surface area contributed by atoms with Crippen molar-refractivity contribution < 1.29 is 4.74 Å². The van der Waals surface area contributed by atoms with Gasteiger partial charge in [0.1, 0.15) is 5.75 Å². The van der Waals surface area contributed by atoms with Crippen molar-refractivity contribution in [3.8, 4) is 5.75 Å². The number of methoxy groups -OCH3 is 1. The number of benzene rings is 1. The minimum Gasteiger partial charge on any atom is -0.496 e. The Labute approximate surface area is 95.2 Å². The SMILES string of the molecule is COc1cc(SC)ccc1C1(N)CCC1. The summed E-state index contributed by atoms with van der Waals surface area (Å²) in [7, 11) is 1.71. The summed E-state index contributed by atoms with van der Waals surface area (Å²) in [6, 6.07) is 6.31. The maximum absolute atomic E-state index is 6.31. The Morgan fingerprint density at radius 2 is 2.13 bits per heavy atom. The topological polar surface area (TPSA) is 35.2 Å². The van der Waals surface area contributed by atoms with Crippen molar-refractivity contribution in [3.05, 3.63) is 23.8 Å². The van der Waals surface area contributed by atoms with Crippen LogP contribution in [0.5, 0.6) is 5.75 Å². The smallest absolute Gasteiger partial charge is 0.125 e. The largest absolute Gasteiger partial charge is 0.496 e. The van der Waals surface area contributed by atoms with E-state index >= 15 is 0 Å². The Morgan fingerprint density at radius 1 is 1.40 bits per heavy atom. The van der Waals surface area contributed by atoms with Crippen molar-refractivity contribution in [2.75, 3.05) is 13.4 Å². The van der Waals surface area contributed by atoms with Gasteiger partial charge in [-0.05, 0) is 37.7 Å². The summed E-state index contributed by atoms with van der Waals surface area (Å²) in [5, 5.41) is 0. The van der Waals surface area contributed by atoms with Crippen molar-refractivity contribution in [3.63, 3.8) is 0 Å². The first-order valence-electron chi connectivity index (χ1n) is 5.21. The summed E-state index contributed by atoms with van der Waals surface area (Å²) >= 11 is 1.72. The van der Waals surface area contributed by atoms with Gasteiger partial charge in [0.15, 0.2) is 0 Å². The minimum atomic E-state index is -0.137. The van der Waals surface area contributed by atoms with Crippen LogP contribution in [0.3, 0.4) is 0 Å². The highest BCUT2D eigenvalue weighted by molar-refractivity contribution is 7.98. The molecular formula is C12H17NOS. The summed E-state index contributed by atoms with van der Waals surface area (Å²) in [6.07, 6.45) is 5.43. The molecule has 0 bridgehead atoms. The molecule has 15 heavy (non-hydrogen) atoms. The van der Waals surface area contributed by atoms with Crippen molar-refractivity contribution >= 4 is 11.8 Å². The zero-order valence-electron chi connectivity index (χ0n) is 9.25. The van der Waals surface area contributed by atoms with E-state index in [0.717, 1.165) is 24.2 Å². The number of hydrogen-bond donors (Lipinski definition) is 1. The lowest BCUT2D eigenvalue weighted by Gasteiger charge is -2.39. The quantitative estimate of drug-likeness (QED) is 0.800. The van der Waals surface area contributed by atoms with Crippen molar-refractivity contribution in [2.45, 2.75) is 29.7 Å². The maximum atomic E-state index is 6.31. The van der Waals surface area contributed by atoms with E-state index in [1.165, 1.54) is 11.3 Å². The van der Waals surface area contributed by atoms with E-state index < -0.39 is 0 Å². The van der Waals surface area contributed by atoms with Gasteiger partial charge < -0.3 is 10.5 Å². The summed E-state index contributed by atoms with van der Waals surface area (Å²) in [4.78, 5) is 1.22. The van der Waals surface area contributed by atoms with Gasteiger partial charge in [0, 0.05) is 16.0 Å². The molecule has 1 fully saturated rings. The average Bonchev–Trinajstić information content (AvgIpc) is 2.25. The summed E-state index contributed by atoms with van der Waals surface area (Å²) in [6.45, 7) is 0. The van der Waals surface area contributed by atoms with Gasteiger partial charge in [-0.2, -0.15) is 0 Å². The Kier molecular flexibility index (Phi) is 2.94. The Hall–Kier alpha value is -0.670. The summed E-state index contributed by atoms with van der Waals surface area (Å²) in [5.41, 5.74) is 7.33. The second kappa shape index (κ2) is 4.06. The third kappa shape index (κ3) is 1.86. The number of hydrogen-bond acceptors (Lipinski definition) is 3. The molecule has 0 atom stereocenters. The van der Waals surface area contributed by atoms with E-state index in [-0.39, 0.29) is 5.54 Å². The fourth-order valence-electron chi connectivity index (χ4n) is 2.04. The number of ether oxygens (including phenoxy) is 1. The summed E-state index contributed by atoms with van der Waals surface area (Å²) < 4.78 is 5.42. The number of thioether (sulfide) groups is 1. The van der Waals surface area contributed by atoms with Crippen LogP contribution in [-0.4, -0.2) is 13.4 Å². The van der Waals surface area contributed by atoms with Crippen molar-refractivity contribution in [2.24, 2.45) is 5.73 Å². The van der Waals surface area contributed by atoms with Gasteiger partial charge in [0.25, 0.3) is 0 Å². The minimum absolute atomic E-state index is 0.137. The van der Waals surface area contributed by atoms with Crippen LogP contribution >= 0.6 is 11.8 Å². The van der Waals surface area contributed by atoms with Crippen LogP contribution < -0.4 is 10.5 Å². The Morgan fingerprint density at radius 3 is 2.60 bits per heavy atom. The van der Waals surface area contributed by atoms with Crippen molar-refractivity contribution in [1.82, 2.24) is 0 Å². The normalized spacial score (nSPS) is 18.3. The second-order valence-corrected chi connectivity index (χ2v) is 4.96. The molecule has 2 N–H and O–H groups in total. The zero-order valence-corrected chi connectivity index (χ0v) is 10.1. The van der Waals surface area contributed by atoms with E-state index in [1.807, 2.05) is 0 Å². The predicted molar refractivity (Wildman–Crippen MR) is 64.5 cm³/mol. The number of nitrogens with two attached hydrogens (primary N) is 1. The van der Waals surface area contributed by atoms with E-state index in [9.17, 15) is 0 Å². The highest BCUT2D eigenvalue weighted by Gasteiger charge is 2.36. The lowest BCUT2D eigenvalue weighted by Crippen LogP contribution is -2.43. The van der Waals surface area contributed by atoms with E-state index in [4.69, 9.17) is 10.5 Å². The van der Waals surface area contributed by atoms with Crippen LogP contribution in [0.25, 0.3) is 0 Å². The molecule has 1 saturated carbocycles. The van der Waals surface area contributed by atoms with Gasteiger partial charge in [0.2, 0.25) is 0 Å². The highest BCUT2D eigenvalue weighted by Crippen LogP contribution is 2.43. The molecule has 82 valence electrons. The maximum Gasteiger partial charge on any atom is 0.125 e. The molecule has 3 heteroatoms. The third-order valence-corrected chi connectivity index (χ3v) is 3.92. The van der Waals surface area contributed by atoms with Crippen molar-refractivity contribution in [1.29, 1.82) is 0 Å². The first-order chi connectivity index (χ1) is 7.19. The molecule has 0 aromatic heterocycles. The molecule has 0 aliphatic heterocycles. The molecule has 0 amide bonds. The van der Waals surface area contributed by atoms with E-state index in [1.54, 1.807) is 18.9 Å². The molecule has 2 nitrogen and oxygen atoms in total. The van der Waals surface area contributed by atoms with Crippen LogP contribution in [0.2, 0.25) is 0 Å². The Balaban J connectivity index is 2.38. The third-order valence-electron chi connectivity index (χ3n) is 3.19. The standard InChI is InChI=1S/C12H17NOS/c1-14-11-8-9(15-2)4-5-10(11)12(13)6-3-7-12/h4-5,8H,3,6-7,13H2,1-2H3. The fourth-order valence-corrected chi connectivity index (χ4v) is 2.47. The van der Waals surface area contributed by atoms with Gasteiger partial charge in [-0.1, -0.05) is 6.07 Å². The molecule has 0 saturated heterocycles. The van der Waals surface area contributed by atoms with Gasteiger partial charge in [-0.3, -0.25) is 0 Å². The molecule has 0 radical (unpaired) electrons. The highest BCUT2D eigenvalue weighted by atomic mass is 32.2. The molecule has 0 spiro atoms. The fraction of sp³-hybridized carbons (Fsp3) is 0.500. The van der Waals surface area contributed by atoms with E-state index in [0.29, 0.717) is 0 Å². The molecule has 1 aromatic carbocycles. The Bertz CT molecular complexity index is 361. The van der Waals surface area contributed by atoms with E-state index in [2.05, 4.69) is 24.5 Å². The van der Waals surface area contributed by atoms with Crippen LogP contribution in [0, 0.1) is 0 Å². The summed E-state index contributed by atoms with van der Waals surface area (Å²) in [5.74, 6) is 0.934. The van der Waals surface area contributed by atoms with Crippen LogP contribution in [-0.2, 0) is 5.54 Å². The average molecular weight is 223 g/mol. The van der Waals surface area contributed by atoms with Gasteiger partial charge in [-0.25, -0.2) is 0 Å². The predicted octanol–water partition coefficient (Wildman–Crippen LogP) is 2.76. The monoisotopic (exact) mass is 223 g/mol. The lowest BCUT2D eigenvalue weighted by atomic mass is 9.72. The molecule has 2 rings (SSSR count). The zero-order chi connectivity index (χ0) is 10.9. The molecule has 1 aliphatic carbocycles.